The molecule has 4 atom stereocenters. The minimum atomic E-state index is 0.0348. The van der Waals surface area contributed by atoms with E-state index in [-0.39, 0.29) is 16.7 Å². The van der Waals surface area contributed by atoms with Crippen LogP contribution in [-0.2, 0) is 9.59 Å². The summed E-state index contributed by atoms with van der Waals surface area (Å²) in [5, 5.41) is 0. The van der Waals surface area contributed by atoms with Gasteiger partial charge < -0.3 is 9.59 Å². The highest BCUT2D eigenvalue weighted by Crippen LogP contribution is 2.58. The molecule has 0 heterocycles. The molecular formula is C14H20O2. The third-order valence-corrected chi connectivity index (χ3v) is 4.83. The summed E-state index contributed by atoms with van der Waals surface area (Å²) in [5.41, 5.74) is 0.166. The predicted molar refractivity (Wildman–Crippen MR) is 62.9 cm³/mol. The zero-order valence-electron chi connectivity index (χ0n) is 10.1. The van der Waals surface area contributed by atoms with Crippen molar-refractivity contribution in [3.8, 4) is 0 Å². The minimum absolute atomic E-state index is 0.0348. The average Bonchev–Trinajstić information content (AvgIpc) is 2.28. The van der Waals surface area contributed by atoms with Crippen molar-refractivity contribution < 1.29 is 9.59 Å². The highest BCUT2D eigenvalue weighted by molar-refractivity contribution is 5.59. The zero-order chi connectivity index (χ0) is 11.8. The first-order valence-corrected chi connectivity index (χ1v) is 6.15. The number of rotatable bonds is 4. The van der Waals surface area contributed by atoms with Crippen molar-refractivity contribution >= 4 is 12.6 Å². The van der Waals surface area contributed by atoms with E-state index >= 15 is 0 Å². The van der Waals surface area contributed by atoms with Crippen LogP contribution < -0.4 is 0 Å². The van der Waals surface area contributed by atoms with E-state index in [1.54, 1.807) is 0 Å². The summed E-state index contributed by atoms with van der Waals surface area (Å²) in [6.45, 7) is 4.41. The smallest absolute Gasteiger partial charge is 0.124 e. The molecule has 0 aromatic carbocycles. The molecule has 2 heteroatoms. The first-order chi connectivity index (χ1) is 7.56. The second kappa shape index (κ2) is 3.83. The molecule has 16 heavy (non-hydrogen) atoms. The molecule has 3 rings (SSSR count). The Hall–Kier alpha value is -0.920. The molecule has 0 unspecified atom stereocenters. The molecule has 0 saturated heterocycles. The lowest BCUT2D eigenvalue weighted by atomic mass is 9.49. The number of carbonyl (C=O) groups excluding carboxylic acids is 2. The Morgan fingerprint density at radius 3 is 2.31 bits per heavy atom. The van der Waals surface area contributed by atoms with Crippen LogP contribution in [0.25, 0.3) is 0 Å². The Morgan fingerprint density at radius 1 is 1.19 bits per heavy atom. The number of hydrogen-bond acceptors (Lipinski definition) is 2. The van der Waals surface area contributed by atoms with Gasteiger partial charge in [-0.1, -0.05) is 26.0 Å². The molecule has 0 spiro atoms. The number of carbonyl (C=O) groups is 2. The molecule has 1 saturated carbocycles. The van der Waals surface area contributed by atoms with E-state index in [4.69, 9.17) is 0 Å². The van der Waals surface area contributed by atoms with Crippen LogP contribution in [0.2, 0.25) is 0 Å². The summed E-state index contributed by atoms with van der Waals surface area (Å²) in [6.07, 6.45) is 10.3. The molecule has 0 aromatic rings. The fraction of sp³-hybridized carbons (Fsp3) is 0.714. The normalized spacial score (nSPS) is 45.6. The Balaban J connectivity index is 2.31. The maximum absolute atomic E-state index is 11.3. The number of hydrogen-bond donors (Lipinski definition) is 0. The fourth-order valence-electron chi connectivity index (χ4n) is 3.55. The molecule has 0 aliphatic heterocycles. The van der Waals surface area contributed by atoms with Gasteiger partial charge >= 0.3 is 0 Å². The van der Waals surface area contributed by atoms with Gasteiger partial charge in [-0.15, -0.1) is 0 Å². The SMILES string of the molecule is C[C@]12C=C[C@](C)(CC1)[C@H](CCC=O)[C@H]2C=O. The second-order valence-electron chi connectivity index (χ2n) is 5.86. The van der Waals surface area contributed by atoms with E-state index in [1.165, 1.54) is 0 Å². The van der Waals surface area contributed by atoms with Gasteiger partial charge in [-0.3, -0.25) is 0 Å². The Kier molecular flexibility index (Phi) is 2.77. The molecule has 3 aliphatic rings. The Labute approximate surface area is 97.1 Å². The van der Waals surface area contributed by atoms with Crippen LogP contribution >= 0.6 is 0 Å². The van der Waals surface area contributed by atoms with Gasteiger partial charge in [0.15, 0.2) is 0 Å². The van der Waals surface area contributed by atoms with E-state index in [0.717, 1.165) is 31.8 Å². The van der Waals surface area contributed by atoms with Gasteiger partial charge in [0.05, 0.1) is 0 Å². The third-order valence-electron chi connectivity index (χ3n) is 4.83. The molecule has 2 bridgehead atoms. The molecule has 1 fully saturated rings. The molecule has 0 N–H and O–H groups in total. The maximum atomic E-state index is 11.3. The summed E-state index contributed by atoms with van der Waals surface area (Å²) in [6, 6.07) is 0. The third kappa shape index (κ3) is 1.55. The van der Waals surface area contributed by atoms with Crippen molar-refractivity contribution in [1.29, 1.82) is 0 Å². The molecule has 0 radical (unpaired) electrons. The highest BCUT2D eigenvalue weighted by atomic mass is 16.1. The van der Waals surface area contributed by atoms with E-state index in [1.807, 2.05) is 0 Å². The van der Waals surface area contributed by atoms with Gasteiger partial charge in [0.25, 0.3) is 0 Å². The van der Waals surface area contributed by atoms with Crippen LogP contribution in [0, 0.1) is 22.7 Å². The molecule has 3 aliphatic carbocycles. The van der Waals surface area contributed by atoms with Gasteiger partial charge in [0.1, 0.15) is 12.6 Å². The van der Waals surface area contributed by atoms with Crippen LogP contribution in [0.4, 0.5) is 0 Å². The van der Waals surface area contributed by atoms with Crippen molar-refractivity contribution in [2.24, 2.45) is 22.7 Å². The molecule has 2 nitrogen and oxygen atoms in total. The van der Waals surface area contributed by atoms with Gasteiger partial charge in [-0.25, -0.2) is 0 Å². The molecular weight excluding hydrogens is 200 g/mol. The first-order valence-electron chi connectivity index (χ1n) is 6.15. The van der Waals surface area contributed by atoms with E-state index in [0.29, 0.717) is 12.3 Å². The summed E-state index contributed by atoms with van der Waals surface area (Å²) in [4.78, 5) is 21.9. The quantitative estimate of drug-likeness (QED) is 0.539. The van der Waals surface area contributed by atoms with Crippen molar-refractivity contribution in [2.45, 2.75) is 39.5 Å². The minimum Gasteiger partial charge on any atom is -0.303 e. The predicted octanol–water partition coefficient (Wildman–Crippen LogP) is 2.77. The van der Waals surface area contributed by atoms with Crippen molar-refractivity contribution in [1.82, 2.24) is 0 Å². The van der Waals surface area contributed by atoms with Crippen LogP contribution in [-0.4, -0.2) is 12.6 Å². The van der Waals surface area contributed by atoms with Crippen molar-refractivity contribution in [2.75, 3.05) is 0 Å². The van der Waals surface area contributed by atoms with Gasteiger partial charge in [-0.2, -0.15) is 0 Å². The number of fused-ring (bicyclic) bond motifs is 2. The molecule has 0 aromatic heterocycles. The summed E-state index contributed by atoms with van der Waals surface area (Å²) >= 11 is 0. The topological polar surface area (TPSA) is 34.1 Å². The average molecular weight is 220 g/mol. The second-order valence-corrected chi connectivity index (χ2v) is 5.86. The van der Waals surface area contributed by atoms with E-state index in [9.17, 15) is 9.59 Å². The van der Waals surface area contributed by atoms with Gasteiger partial charge in [-0.05, 0) is 36.0 Å². The Morgan fingerprint density at radius 2 is 1.81 bits per heavy atom. The number of aldehydes is 2. The standard InChI is InChI=1S/C14H20O2/c1-13-5-7-14(2,8-6-13)12(10-16)11(13)4-3-9-15/h5,7,9-12H,3-4,6,8H2,1-2H3/t11-,12-,13-,14+/m1/s1. The molecule has 0 amide bonds. The van der Waals surface area contributed by atoms with Crippen LogP contribution in [0.15, 0.2) is 12.2 Å². The summed E-state index contributed by atoms with van der Waals surface area (Å²) < 4.78 is 0. The van der Waals surface area contributed by atoms with Crippen molar-refractivity contribution in [3.05, 3.63) is 12.2 Å². The lowest BCUT2D eigenvalue weighted by molar-refractivity contribution is -0.123. The Bertz CT molecular complexity index is 334. The lowest BCUT2D eigenvalue weighted by Crippen LogP contribution is -2.49. The lowest BCUT2D eigenvalue weighted by Gasteiger charge is -2.55. The van der Waals surface area contributed by atoms with Crippen LogP contribution in [0.3, 0.4) is 0 Å². The van der Waals surface area contributed by atoms with Gasteiger partial charge in [0.2, 0.25) is 0 Å². The van der Waals surface area contributed by atoms with Crippen molar-refractivity contribution in [3.63, 3.8) is 0 Å². The molecule has 88 valence electrons. The van der Waals surface area contributed by atoms with E-state index < -0.39 is 0 Å². The fourth-order valence-corrected chi connectivity index (χ4v) is 3.55. The summed E-state index contributed by atoms with van der Waals surface area (Å²) in [7, 11) is 0. The van der Waals surface area contributed by atoms with Crippen LogP contribution in [0.5, 0.6) is 0 Å². The van der Waals surface area contributed by atoms with Gasteiger partial charge in [0, 0.05) is 12.3 Å². The largest absolute Gasteiger partial charge is 0.303 e. The monoisotopic (exact) mass is 220 g/mol. The maximum Gasteiger partial charge on any atom is 0.124 e. The first kappa shape index (κ1) is 11.6. The number of allylic oxidation sites excluding steroid dienone is 2. The highest BCUT2D eigenvalue weighted by Gasteiger charge is 2.52. The zero-order valence-corrected chi connectivity index (χ0v) is 10.1. The van der Waals surface area contributed by atoms with Crippen LogP contribution in [0.1, 0.15) is 39.5 Å². The summed E-state index contributed by atoms with van der Waals surface area (Å²) in [5.74, 6) is 0.440. The van der Waals surface area contributed by atoms with E-state index in [2.05, 4.69) is 26.0 Å².